The Labute approximate surface area is 329 Å². The summed E-state index contributed by atoms with van der Waals surface area (Å²) in [7, 11) is 0. The molecule has 0 aromatic heterocycles. The molecule has 22 atom stereocenters. The lowest BCUT2D eigenvalue weighted by molar-refractivity contribution is -0.382. The van der Waals surface area contributed by atoms with Crippen LogP contribution in [0.5, 0.6) is 0 Å². The number of esters is 1. The van der Waals surface area contributed by atoms with E-state index < -0.39 is 140 Å². The van der Waals surface area contributed by atoms with Crippen molar-refractivity contribution in [2.24, 2.45) is 34.0 Å². The molecule has 4 aliphatic carbocycles. The van der Waals surface area contributed by atoms with Crippen LogP contribution in [0.15, 0.2) is 12.2 Å². The number of rotatable bonds is 10. The fourth-order valence-electron chi connectivity index (χ4n) is 12.0. The van der Waals surface area contributed by atoms with Gasteiger partial charge in [-0.25, -0.2) is 0 Å². The Morgan fingerprint density at radius 1 is 0.667 bits per heavy atom. The third kappa shape index (κ3) is 7.01. The normalized spacial score (nSPS) is 54.8. The van der Waals surface area contributed by atoms with E-state index in [-0.39, 0.29) is 23.9 Å². The molecule has 12 N–H and O–H groups in total. The molecule has 3 aliphatic heterocycles. The number of aliphatic hydroxyl groups is 12. The molecule has 0 amide bonds. The van der Waals surface area contributed by atoms with E-state index in [2.05, 4.69) is 6.92 Å². The minimum atomic E-state index is -1.84. The third-order valence-electron chi connectivity index (χ3n) is 15.0. The third-order valence-corrected chi connectivity index (χ3v) is 15.0. The smallest absolute Gasteiger partial charge is 0.318 e. The van der Waals surface area contributed by atoms with E-state index >= 15 is 0 Å². The van der Waals surface area contributed by atoms with Crippen molar-refractivity contribution in [2.75, 3.05) is 26.4 Å². The van der Waals surface area contributed by atoms with Crippen molar-refractivity contribution < 1.29 is 94.5 Å². The first-order valence-electron chi connectivity index (χ1n) is 20.0. The van der Waals surface area contributed by atoms with Crippen LogP contribution in [0.3, 0.4) is 0 Å². The van der Waals surface area contributed by atoms with Crippen LogP contribution in [0.2, 0.25) is 0 Å². The highest BCUT2D eigenvalue weighted by atomic mass is 16.8. The van der Waals surface area contributed by atoms with Gasteiger partial charge in [-0.05, 0) is 74.5 Å². The summed E-state index contributed by atoms with van der Waals surface area (Å²) in [5.41, 5.74) is -3.09. The second-order valence-corrected chi connectivity index (χ2v) is 18.0. The molecular formula is C38H60O19. The molecule has 6 fully saturated rings. The van der Waals surface area contributed by atoms with Gasteiger partial charge in [-0.3, -0.25) is 4.79 Å². The first-order chi connectivity index (χ1) is 26.9. The van der Waals surface area contributed by atoms with Crippen LogP contribution in [-0.2, 0) is 33.2 Å². The number of carbonyl (C=O) groups excluding carboxylic acids is 1. The van der Waals surface area contributed by atoms with Crippen molar-refractivity contribution in [2.45, 2.75) is 157 Å². The lowest BCUT2D eigenvalue weighted by Gasteiger charge is -2.63. The Morgan fingerprint density at radius 3 is 1.81 bits per heavy atom. The van der Waals surface area contributed by atoms with Gasteiger partial charge in [-0.2, -0.15) is 0 Å². The molecular weight excluding hydrogens is 760 g/mol. The highest BCUT2D eigenvalue weighted by Gasteiger charge is 2.70. The molecule has 0 aromatic carbocycles. The molecule has 326 valence electrons. The van der Waals surface area contributed by atoms with E-state index in [1.165, 1.54) is 0 Å². The maximum absolute atomic E-state index is 14.1. The van der Waals surface area contributed by atoms with Gasteiger partial charge in [0.2, 0.25) is 6.29 Å². The molecule has 19 nitrogen and oxygen atoms in total. The molecule has 0 aromatic rings. The second-order valence-electron chi connectivity index (χ2n) is 18.0. The van der Waals surface area contributed by atoms with Crippen molar-refractivity contribution in [3.8, 4) is 0 Å². The van der Waals surface area contributed by atoms with Crippen LogP contribution in [0, 0.1) is 34.0 Å². The lowest BCUT2D eigenvalue weighted by Crippen LogP contribution is -2.66. The summed E-state index contributed by atoms with van der Waals surface area (Å²) in [6, 6.07) is 0. The van der Waals surface area contributed by atoms with Gasteiger partial charge in [0.15, 0.2) is 12.6 Å². The molecule has 3 heterocycles. The number of ether oxygens (including phenoxy) is 6. The van der Waals surface area contributed by atoms with E-state index in [9.17, 15) is 66.1 Å². The molecule has 3 saturated heterocycles. The van der Waals surface area contributed by atoms with Gasteiger partial charge in [0.25, 0.3) is 0 Å². The minimum Gasteiger partial charge on any atom is -0.432 e. The van der Waals surface area contributed by atoms with Crippen molar-refractivity contribution in [1.82, 2.24) is 0 Å². The van der Waals surface area contributed by atoms with E-state index in [1.807, 2.05) is 6.08 Å². The Bertz CT molecular complexity index is 1470. The van der Waals surface area contributed by atoms with Crippen molar-refractivity contribution in [1.29, 1.82) is 0 Å². The van der Waals surface area contributed by atoms with Crippen LogP contribution < -0.4 is 0 Å². The largest absolute Gasteiger partial charge is 0.432 e. The fraction of sp³-hybridized carbons (Fsp3) is 0.921. The summed E-state index contributed by atoms with van der Waals surface area (Å²) in [4.78, 5) is 14.1. The first kappa shape index (κ1) is 43.6. The molecule has 57 heavy (non-hydrogen) atoms. The predicted octanol–water partition coefficient (Wildman–Crippen LogP) is -4.11. The Kier molecular flexibility index (Phi) is 12.3. The zero-order valence-corrected chi connectivity index (χ0v) is 32.0. The molecule has 1 unspecified atom stereocenters. The average molecular weight is 821 g/mol. The standard InChI is InChI=1S/C38H60O19/c1-35-6-3-7-36(2,34(51)56-32-29(50)26(47)23(44)18(13-41)53-32)20(35)4-8-37-10-16(11-39)38(15-37,9-5-21(35)37)57-33-30(27(48)24(45)19(14-42)54-33)55-31-28(49)25(46)22(43)17(12-40)52-31/h3,7,16-33,39-50H,4-6,8-15H2,1-2H3/t16-,17+,18+,19+,20+,21+,22+,23+,24+,25-,26-,27-,28+,29+,30+,31-,32-,33-,35-,36?,37-,38-/m0/s1. The van der Waals surface area contributed by atoms with Gasteiger partial charge in [-0.15, -0.1) is 0 Å². The predicted molar refractivity (Wildman–Crippen MR) is 188 cm³/mol. The monoisotopic (exact) mass is 820 g/mol. The summed E-state index contributed by atoms with van der Waals surface area (Å²) in [6.45, 7) is 1.54. The van der Waals surface area contributed by atoms with Crippen LogP contribution >= 0.6 is 0 Å². The van der Waals surface area contributed by atoms with Gasteiger partial charge in [0.1, 0.15) is 73.2 Å². The maximum Gasteiger partial charge on any atom is 0.318 e. The van der Waals surface area contributed by atoms with Crippen LogP contribution in [0.4, 0.5) is 0 Å². The summed E-state index contributed by atoms with van der Waals surface area (Å²) in [5.74, 6) is -1.35. The molecule has 3 saturated carbocycles. The van der Waals surface area contributed by atoms with Gasteiger partial charge in [0.05, 0.1) is 30.8 Å². The quantitative estimate of drug-likeness (QED) is 0.0566. The number of aliphatic hydroxyl groups excluding tert-OH is 12. The average Bonchev–Trinajstić information content (AvgIpc) is 3.42. The Hall–Kier alpha value is -1.47. The van der Waals surface area contributed by atoms with E-state index in [0.29, 0.717) is 44.9 Å². The Balaban J connectivity index is 1.12. The van der Waals surface area contributed by atoms with Gasteiger partial charge in [-0.1, -0.05) is 19.1 Å². The highest BCUT2D eigenvalue weighted by molar-refractivity contribution is 5.80. The number of allylic oxidation sites excluding steroid dienone is 1. The first-order valence-corrected chi connectivity index (χ1v) is 20.0. The molecule has 1 spiro atoms. The van der Waals surface area contributed by atoms with Gasteiger partial charge < -0.3 is 89.7 Å². The second kappa shape index (κ2) is 16.1. The van der Waals surface area contributed by atoms with Crippen molar-refractivity contribution >= 4 is 5.97 Å². The maximum atomic E-state index is 14.1. The fourth-order valence-corrected chi connectivity index (χ4v) is 12.0. The lowest BCUT2D eigenvalue weighted by atomic mass is 9.42. The summed E-state index contributed by atoms with van der Waals surface area (Å²) in [5, 5.41) is 125. The van der Waals surface area contributed by atoms with Crippen molar-refractivity contribution in [3.05, 3.63) is 12.2 Å². The number of fused-ring (bicyclic) bond motifs is 3. The SMILES string of the molecule is CC1(C(=O)O[C@@H]2O[C@H](CO)[C@@H](O)[C@H](O)[C@H]2O)C=CC[C@@]2(C)[C@H]1CC[C@@]13C[C@@H](CO)[C@](O[C@@H]4O[C@H](CO)[C@@H](O)[C@H](O)[C@H]4O[C@@H]4O[C@H](CO)[C@@H](O)[C@H](O)[C@H]4O)(CC[C@@H]12)C3. The van der Waals surface area contributed by atoms with Crippen LogP contribution in [0.25, 0.3) is 0 Å². The van der Waals surface area contributed by atoms with Crippen LogP contribution in [-0.4, -0.2) is 191 Å². The minimum absolute atomic E-state index is 0.0207. The zero-order chi connectivity index (χ0) is 41.4. The highest BCUT2D eigenvalue weighted by Crippen LogP contribution is 2.73. The van der Waals surface area contributed by atoms with E-state index in [4.69, 9.17) is 28.4 Å². The van der Waals surface area contributed by atoms with Gasteiger partial charge >= 0.3 is 5.97 Å². The molecule has 7 aliphatic rings. The topological polar surface area (TPSA) is 315 Å². The molecule has 2 bridgehead atoms. The number of hydrogen-bond donors (Lipinski definition) is 12. The summed E-state index contributed by atoms with van der Waals surface area (Å²) >= 11 is 0. The number of carbonyl (C=O) groups is 1. The van der Waals surface area contributed by atoms with Gasteiger partial charge in [0, 0.05) is 12.5 Å². The number of hydrogen-bond acceptors (Lipinski definition) is 19. The Morgan fingerprint density at radius 2 is 1.21 bits per heavy atom. The molecule has 0 radical (unpaired) electrons. The van der Waals surface area contributed by atoms with Crippen LogP contribution in [0.1, 0.15) is 58.8 Å². The summed E-state index contributed by atoms with van der Waals surface area (Å²) < 4.78 is 35.5. The molecule has 7 rings (SSSR count). The molecule has 19 heteroatoms. The van der Waals surface area contributed by atoms with Crippen molar-refractivity contribution in [3.63, 3.8) is 0 Å². The van der Waals surface area contributed by atoms with E-state index in [0.717, 1.165) is 0 Å². The van der Waals surface area contributed by atoms with E-state index in [1.54, 1.807) is 13.0 Å². The zero-order valence-electron chi connectivity index (χ0n) is 32.0. The summed E-state index contributed by atoms with van der Waals surface area (Å²) in [6.07, 6.45) is -16.5.